The molecule has 1 atom stereocenters. The van der Waals surface area contributed by atoms with Crippen molar-refractivity contribution in [3.05, 3.63) is 100 Å². The molecule has 11 heteroatoms. The maximum absolute atomic E-state index is 13.6. The van der Waals surface area contributed by atoms with E-state index in [4.69, 9.17) is 4.42 Å². The highest BCUT2D eigenvalue weighted by atomic mass is 79.9. The number of ether oxygens (including phenoxy) is 1. The number of hydrogen-bond donors (Lipinski definition) is 1. The van der Waals surface area contributed by atoms with Gasteiger partial charge in [0.05, 0.1) is 11.6 Å². The highest BCUT2D eigenvalue weighted by Crippen LogP contribution is 2.42. The third-order valence-corrected chi connectivity index (χ3v) is 6.00. The Kier molecular flexibility index (Phi) is 5.79. The predicted octanol–water partition coefficient (Wildman–Crippen LogP) is 6.27. The molecule has 4 aromatic rings. The molecule has 7 nitrogen and oxygen atoms in total. The summed E-state index contributed by atoms with van der Waals surface area (Å²) in [4.78, 5) is 31.9. The first kappa shape index (κ1) is 23.6. The van der Waals surface area contributed by atoms with Crippen molar-refractivity contribution in [2.24, 2.45) is 0 Å². The van der Waals surface area contributed by atoms with Crippen LogP contribution in [0.4, 0.5) is 18.9 Å². The fraction of sp³-hybridized carbons (Fsp3) is 0.0800. The maximum atomic E-state index is 13.6. The Balaban J connectivity index is 1.58. The van der Waals surface area contributed by atoms with E-state index in [1.807, 2.05) is 0 Å². The van der Waals surface area contributed by atoms with Gasteiger partial charge in [-0.2, -0.15) is 0 Å². The first-order valence-corrected chi connectivity index (χ1v) is 11.2. The number of fused-ring (bicyclic) bond motifs is 1. The monoisotopic (exact) mass is 558 g/mol. The number of pyridine rings is 1. The van der Waals surface area contributed by atoms with Crippen molar-refractivity contribution in [2.75, 3.05) is 4.90 Å². The quantitative estimate of drug-likeness (QED) is 0.290. The predicted molar refractivity (Wildman–Crippen MR) is 125 cm³/mol. The number of furan rings is 1. The van der Waals surface area contributed by atoms with Gasteiger partial charge in [-0.1, -0.05) is 22.0 Å². The molecule has 5 rings (SSSR count). The molecule has 0 spiro atoms. The van der Waals surface area contributed by atoms with Crippen LogP contribution in [0.3, 0.4) is 0 Å². The molecular formula is C25H14BrF3N2O5. The molecule has 3 heterocycles. The Labute approximate surface area is 209 Å². The van der Waals surface area contributed by atoms with Gasteiger partial charge in [-0.25, -0.2) is 0 Å². The van der Waals surface area contributed by atoms with E-state index in [9.17, 15) is 27.9 Å². The number of carbonyl (C=O) groups is 2. The van der Waals surface area contributed by atoms with E-state index in [0.29, 0.717) is 16.5 Å². The summed E-state index contributed by atoms with van der Waals surface area (Å²) in [6, 6.07) is 13.3. The Hall–Kier alpha value is -4.12. The van der Waals surface area contributed by atoms with Gasteiger partial charge in [0.15, 0.2) is 11.5 Å². The summed E-state index contributed by atoms with van der Waals surface area (Å²) in [5.74, 6) is -3.01. The third-order valence-electron chi connectivity index (χ3n) is 5.50. The second kappa shape index (κ2) is 8.83. The van der Waals surface area contributed by atoms with Gasteiger partial charge in [-0.15, -0.1) is 13.2 Å². The number of ketones is 1. The number of amides is 1. The normalized spacial score (nSPS) is 16.2. The fourth-order valence-electron chi connectivity index (χ4n) is 4.02. The SMILES string of the molecule is O=C(C1=C(O)C(=O)N(c2ccc(OC(F)(F)F)cc2)C1c1cccnc1)c1cc2cc(Br)ccc2o1. The first-order valence-electron chi connectivity index (χ1n) is 10.4. The molecule has 0 fully saturated rings. The molecule has 0 saturated carbocycles. The molecule has 2 aromatic carbocycles. The second-order valence-electron chi connectivity index (χ2n) is 7.79. The van der Waals surface area contributed by atoms with E-state index in [0.717, 1.165) is 21.5 Å². The van der Waals surface area contributed by atoms with E-state index in [2.05, 4.69) is 25.7 Å². The van der Waals surface area contributed by atoms with E-state index in [1.54, 1.807) is 30.3 Å². The van der Waals surface area contributed by atoms with Gasteiger partial charge >= 0.3 is 6.36 Å². The summed E-state index contributed by atoms with van der Waals surface area (Å²) in [7, 11) is 0. The summed E-state index contributed by atoms with van der Waals surface area (Å²) in [5, 5.41) is 11.4. The summed E-state index contributed by atoms with van der Waals surface area (Å²) in [6.45, 7) is 0. The van der Waals surface area contributed by atoms with Crippen molar-refractivity contribution >= 4 is 44.3 Å². The lowest BCUT2D eigenvalue weighted by atomic mass is 9.96. The largest absolute Gasteiger partial charge is 0.573 e. The molecule has 0 radical (unpaired) electrons. The number of benzene rings is 2. The van der Waals surface area contributed by atoms with Crippen LogP contribution in [0.5, 0.6) is 5.75 Å². The van der Waals surface area contributed by atoms with Crippen LogP contribution in [-0.4, -0.2) is 28.1 Å². The number of aliphatic hydroxyl groups is 1. The molecule has 0 saturated heterocycles. The molecule has 1 unspecified atom stereocenters. The van der Waals surface area contributed by atoms with E-state index in [-0.39, 0.29) is 17.0 Å². The number of nitrogens with zero attached hydrogens (tertiary/aromatic N) is 2. The lowest BCUT2D eigenvalue weighted by Gasteiger charge is -2.26. The number of hydrogen-bond acceptors (Lipinski definition) is 6. The maximum Gasteiger partial charge on any atom is 0.573 e. The molecule has 182 valence electrons. The van der Waals surface area contributed by atoms with Crippen LogP contribution in [0.15, 0.2) is 93.3 Å². The van der Waals surface area contributed by atoms with Gasteiger partial charge < -0.3 is 14.3 Å². The van der Waals surface area contributed by atoms with Gasteiger partial charge in [0, 0.05) is 27.9 Å². The van der Waals surface area contributed by atoms with Crippen molar-refractivity contribution in [2.45, 2.75) is 12.4 Å². The molecule has 2 aromatic heterocycles. The zero-order valence-corrected chi connectivity index (χ0v) is 19.6. The summed E-state index contributed by atoms with van der Waals surface area (Å²) < 4.78 is 48.0. The molecule has 0 aliphatic carbocycles. The van der Waals surface area contributed by atoms with Gasteiger partial charge in [-0.3, -0.25) is 19.5 Å². The van der Waals surface area contributed by atoms with E-state index in [1.165, 1.54) is 30.6 Å². The molecule has 1 N–H and O–H groups in total. The van der Waals surface area contributed by atoms with E-state index < -0.39 is 35.6 Å². The Bertz CT molecular complexity index is 1510. The summed E-state index contributed by atoms with van der Waals surface area (Å²) >= 11 is 3.35. The van der Waals surface area contributed by atoms with Crippen molar-refractivity contribution < 1.29 is 37.0 Å². The van der Waals surface area contributed by atoms with Gasteiger partial charge in [-0.05, 0) is 60.2 Å². The first-order chi connectivity index (χ1) is 17.1. The van der Waals surface area contributed by atoms with Crippen LogP contribution in [0.2, 0.25) is 0 Å². The van der Waals surface area contributed by atoms with Crippen LogP contribution in [0, 0.1) is 0 Å². The molecular weight excluding hydrogens is 545 g/mol. The molecule has 0 bridgehead atoms. The zero-order chi connectivity index (χ0) is 25.6. The molecule has 36 heavy (non-hydrogen) atoms. The van der Waals surface area contributed by atoms with Crippen LogP contribution in [0.1, 0.15) is 22.2 Å². The average Bonchev–Trinajstić information content (AvgIpc) is 3.37. The molecule has 1 aliphatic rings. The summed E-state index contributed by atoms with van der Waals surface area (Å²) in [6.07, 6.45) is -1.96. The van der Waals surface area contributed by atoms with Crippen molar-refractivity contribution in [3.8, 4) is 5.75 Å². The van der Waals surface area contributed by atoms with Gasteiger partial charge in [0.25, 0.3) is 5.91 Å². The topological polar surface area (TPSA) is 92.9 Å². The minimum Gasteiger partial charge on any atom is -0.503 e. The molecule has 1 amide bonds. The minimum absolute atomic E-state index is 0.0953. The second-order valence-corrected chi connectivity index (χ2v) is 8.71. The zero-order valence-electron chi connectivity index (χ0n) is 18.0. The van der Waals surface area contributed by atoms with Gasteiger partial charge in [0.1, 0.15) is 11.3 Å². The van der Waals surface area contributed by atoms with E-state index >= 15 is 0 Å². The van der Waals surface area contributed by atoms with Crippen molar-refractivity contribution in [1.29, 1.82) is 0 Å². The number of aromatic nitrogens is 1. The van der Waals surface area contributed by atoms with Crippen LogP contribution in [-0.2, 0) is 4.79 Å². The number of alkyl halides is 3. The van der Waals surface area contributed by atoms with Crippen LogP contribution >= 0.6 is 15.9 Å². The van der Waals surface area contributed by atoms with Crippen molar-refractivity contribution in [1.82, 2.24) is 4.98 Å². The third kappa shape index (κ3) is 4.33. The lowest BCUT2D eigenvalue weighted by Crippen LogP contribution is -2.31. The van der Waals surface area contributed by atoms with Crippen LogP contribution in [0.25, 0.3) is 11.0 Å². The van der Waals surface area contributed by atoms with Crippen molar-refractivity contribution in [3.63, 3.8) is 0 Å². The number of halogens is 4. The highest BCUT2D eigenvalue weighted by Gasteiger charge is 2.45. The lowest BCUT2D eigenvalue weighted by molar-refractivity contribution is -0.274. The number of Topliss-reactive ketones (excluding diaryl/α,β-unsaturated/α-hetero) is 1. The average molecular weight is 559 g/mol. The smallest absolute Gasteiger partial charge is 0.503 e. The number of aliphatic hydroxyl groups excluding tert-OH is 1. The highest BCUT2D eigenvalue weighted by molar-refractivity contribution is 9.10. The summed E-state index contributed by atoms with van der Waals surface area (Å²) in [5.41, 5.74) is 0.710. The van der Waals surface area contributed by atoms with Crippen LogP contribution < -0.4 is 9.64 Å². The Morgan fingerprint density at radius 3 is 2.53 bits per heavy atom. The Morgan fingerprint density at radius 1 is 1.11 bits per heavy atom. The number of rotatable bonds is 5. The standard InChI is InChI=1S/C25H14BrF3N2O5/c26-15-3-8-18-14(10-15)11-19(35-18)22(32)20-21(13-2-1-9-30-12-13)31(24(34)23(20)33)16-4-6-17(7-5-16)36-25(27,28)29/h1-12,21,33H. The Morgan fingerprint density at radius 2 is 1.86 bits per heavy atom. The fourth-order valence-corrected chi connectivity index (χ4v) is 4.40. The number of anilines is 1. The minimum atomic E-state index is -4.88. The molecule has 1 aliphatic heterocycles. The van der Waals surface area contributed by atoms with Gasteiger partial charge in [0.2, 0.25) is 5.78 Å². The number of carbonyl (C=O) groups excluding carboxylic acids is 2.